The lowest BCUT2D eigenvalue weighted by Crippen LogP contribution is -2.48. The van der Waals surface area contributed by atoms with Gasteiger partial charge in [-0.1, -0.05) is 72.9 Å². The summed E-state index contributed by atoms with van der Waals surface area (Å²) in [6.45, 7) is 6.61. The zero-order chi connectivity index (χ0) is 23.0. The van der Waals surface area contributed by atoms with E-state index in [0.29, 0.717) is 33.3 Å². The quantitative estimate of drug-likeness (QED) is 0.430. The number of halogens is 3. The molecule has 0 radical (unpaired) electrons. The zero-order valence-corrected chi connectivity index (χ0v) is 20.9. The molecule has 0 aliphatic rings. The Labute approximate surface area is 203 Å². The largest absolute Gasteiger partial charge is 0.354 e. The summed E-state index contributed by atoms with van der Waals surface area (Å²) >= 11 is 19.9. The highest BCUT2D eigenvalue weighted by Crippen LogP contribution is 2.25. The van der Waals surface area contributed by atoms with Crippen molar-refractivity contribution in [2.24, 2.45) is 5.92 Å². The summed E-state index contributed by atoms with van der Waals surface area (Å²) < 4.78 is 0. The molecule has 0 heterocycles. The smallest absolute Gasteiger partial charge is 0.242 e. The van der Waals surface area contributed by atoms with Gasteiger partial charge in [-0.3, -0.25) is 9.59 Å². The maximum absolute atomic E-state index is 13.1. The molecule has 8 heteroatoms. The Morgan fingerprint density at radius 2 is 1.71 bits per heavy atom. The number of carbonyl (C=O) groups excluding carboxylic acids is 2. The number of amides is 2. The van der Waals surface area contributed by atoms with Gasteiger partial charge in [0.15, 0.2) is 0 Å². The highest BCUT2D eigenvalue weighted by Gasteiger charge is 2.26. The maximum atomic E-state index is 13.1. The van der Waals surface area contributed by atoms with E-state index in [2.05, 4.69) is 5.32 Å². The van der Waals surface area contributed by atoms with Crippen molar-refractivity contribution in [3.8, 4) is 0 Å². The van der Waals surface area contributed by atoms with E-state index >= 15 is 0 Å². The molecule has 0 aromatic heterocycles. The van der Waals surface area contributed by atoms with E-state index < -0.39 is 6.04 Å². The second kappa shape index (κ2) is 12.6. The van der Waals surface area contributed by atoms with Crippen molar-refractivity contribution in [1.29, 1.82) is 0 Å². The second-order valence-electron chi connectivity index (χ2n) is 7.66. The molecule has 0 aliphatic heterocycles. The topological polar surface area (TPSA) is 49.4 Å². The van der Waals surface area contributed by atoms with E-state index in [9.17, 15) is 9.59 Å². The Bertz CT molecular complexity index is 908. The monoisotopic (exact) mass is 500 g/mol. The number of nitrogens with one attached hydrogen (secondary N) is 1. The molecule has 31 heavy (non-hydrogen) atoms. The minimum absolute atomic E-state index is 0.137. The first-order valence-electron chi connectivity index (χ1n) is 10.0. The molecule has 2 aromatic carbocycles. The van der Waals surface area contributed by atoms with Gasteiger partial charge in [-0.2, -0.15) is 0 Å². The summed E-state index contributed by atoms with van der Waals surface area (Å²) in [6, 6.07) is 12.0. The summed E-state index contributed by atoms with van der Waals surface area (Å²) in [6.07, 6.45) is 0. The van der Waals surface area contributed by atoms with Crippen molar-refractivity contribution in [1.82, 2.24) is 10.2 Å². The Hall–Kier alpha value is -1.40. The third-order valence-corrected chi connectivity index (χ3v) is 6.57. The van der Waals surface area contributed by atoms with E-state index in [1.54, 1.807) is 30.0 Å². The number of rotatable bonds is 10. The van der Waals surface area contributed by atoms with Crippen LogP contribution in [-0.2, 0) is 21.9 Å². The molecule has 2 aromatic rings. The predicted molar refractivity (Wildman–Crippen MR) is 132 cm³/mol. The maximum Gasteiger partial charge on any atom is 0.242 e. The molecule has 0 bridgehead atoms. The van der Waals surface area contributed by atoms with Crippen LogP contribution in [0.3, 0.4) is 0 Å². The molecular formula is C23H27Cl3N2O2S. The molecular weight excluding hydrogens is 475 g/mol. The average Bonchev–Trinajstić information content (AvgIpc) is 2.72. The Morgan fingerprint density at radius 3 is 2.35 bits per heavy atom. The lowest BCUT2D eigenvalue weighted by Gasteiger charge is -2.29. The molecule has 2 amide bonds. The van der Waals surface area contributed by atoms with Crippen molar-refractivity contribution in [3.63, 3.8) is 0 Å². The van der Waals surface area contributed by atoms with Gasteiger partial charge in [0, 0.05) is 33.9 Å². The molecule has 4 nitrogen and oxygen atoms in total. The van der Waals surface area contributed by atoms with Crippen molar-refractivity contribution in [3.05, 3.63) is 68.7 Å². The zero-order valence-electron chi connectivity index (χ0n) is 17.8. The van der Waals surface area contributed by atoms with Crippen molar-refractivity contribution >= 4 is 58.4 Å². The highest BCUT2D eigenvalue weighted by atomic mass is 35.5. The van der Waals surface area contributed by atoms with E-state index in [1.165, 1.54) is 11.8 Å². The molecule has 0 unspecified atom stereocenters. The SMILES string of the molecule is CC(C)CNC(=O)[C@@H](C)N(Cc1ccccc1Cl)C(=O)CSCc1ccc(Cl)cc1Cl. The molecule has 1 atom stereocenters. The van der Waals surface area contributed by atoms with Crippen LogP contribution in [0.4, 0.5) is 0 Å². The van der Waals surface area contributed by atoms with Gasteiger partial charge in [0.05, 0.1) is 5.75 Å². The van der Waals surface area contributed by atoms with Crippen LogP contribution < -0.4 is 5.32 Å². The number of benzene rings is 2. The molecule has 0 saturated carbocycles. The summed E-state index contributed by atoms with van der Waals surface area (Å²) in [5, 5.41) is 4.62. The van der Waals surface area contributed by atoms with Crippen LogP contribution in [0.25, 0.3) is 0 Å². The number of hydrogen-bond donors (Lipinski definition) is 1. The fourth-order valence-corrected chi connectivity index (χ4v) is 4.48. The van der Waals surface area contributed by atoms with Gasteiger partial charge in [0.2, 0.25) is 11.8 Å². The van der Waals surface area contributed by atoms with Crippen LogP contribution in [-0.4, -0.2) is 35.1 Å². The van der Waals surface area contributed by atoms with Gasteiger partial charge >= 0.3 is 0 Å². The van der Waals surface area contributed by atoms with Crippen LogP contribution in [0, 0.1) is 5.92 Å². The van der Waals surface area contributed by atoms with Crippen LogP contribution in [0.2, 0.25) is 15.1 Å². The average molecular weight is 502 g/mol. The van der Waals surface area contributed by atoms with Gasteiger partial charge in [0.1, 0.15) is 6.04 Å². The van der Waals surface area contributed by atoms with Crippen LogP contribution >= 0.6 is 46.6 Å². The lowest BCUT2D eigenvalue weighted by molar-refractivity contribution is -0.138. The number of nitrogens with zero attached hydrogens (tertiary/aromatic N) is 1. The number of hydrogen-bond acceptors (Lipinski definition) is 3. The summed E-state index contributed by atoms with van der Waals surface area (Å²) in [5.74, 6) is 0.784. The number of thioether (sulfide) groups is 1. The minimum Gasteiger partial charge on any atom is -0.354 e. The van der Waals surface area contributed by atoms with Crippen LogP contribution in [0.15, 0.2) is 42.5 Å². The summed E-state index contributed by atoms with van der Waals surface area (Å²) in [7, 11) is 0. The number of carbonyl (C=O) groups is 2. The third kappa shape index (κ3) is 8.23. The Morgan fingerprint density at radius 1 is 1.00 bits per heavy atom. The van der Waals surface area contributed by atoms with E-state index in [4.69, 9.17) is 34.8 Å². The first kappa shape index (κ1) is 25.9. The van der Waals surface area contributed by atoms with Crippen molar-refractivity contribution < 1.29 is 9.59 Å². The van der Waals surface area contributed by atoms with E-state index in [0.717, 1.165) is 11.1 Å². The van der Waals surface area contributed by atoms with Gasteiger partial charge in [-0.15, -0.1) is 11.8 Å². The van der Waals surface area contributed by atoms with E-state index in [-0.39, 0.29) is 24.1 Å². The van der Waals surface area contributed by atoms with Gasteiger partial charge < -0.3 is 10.2 Å². The third-order valence-electron chi connectivity index (χ3n) is 4.65. The molecule has 1 N–H and O–H groups in total. The molecule has 0 saturated heterocycles. The molecule has 0 spiro atoms. The minimum atomic E-state index is -0.623. The van der Waals surface area contributed by atoms with Crippen molar-refractivity contribution in [2.45, 2.75) is 39.1 Å². The summed E-state index contributed by atoms with van der Waals surface area (Å²) in [5.41, 5.74) is 1.70. The molecule has 0 fully saturated rings. The lowest BCUT2D eigenvalue weighted by atomic mass is 10.1. The standard InChI is InChI=1S/C23H27Cl3N2O2S/c1-15(2)11-27-23(30)16(3)28(12-17-6-4-5-7-20(17)25)22(29)14-31-13-18-8-9-19(24)10-21(18)26/h4-10,15-16H,11-14H2,1-3H3,(H,27,30)/t16-/m1/s1. The first-order chi connectivity index (χ1) is 14.7. The molecule has 0 aliphatic carbocycles. The fraction of sp³-hybridized carbons (Fsp3) is 0.391. The van der Waals surface area contributed by atoms with Crippen LogP contribution in [0.5, 0.6) is 0 Å². The van der Waals surface area contributed by atoms with Gasteiger partial charge in [-0.25, -0.2) is 0 Å². The summed E-state index contributed by atoms with van der Waals surface area (Å²) in [4.78, 5) is 27.3. The van der Waals surface area contributed by atoms with Crippen molar-refractivity contribution in [2.75, 3.05) is 12.3 Å². The molecule has 168 valence electrons. The Balaban J connectivity index is 2.09. The van der Waals surface area contributed by atoms with Gasteiger partial charge in [0.25, 0.3) is 0 Å². The second-order valence-corrected chi connectivity index (χ2v) is 9.89. The molecule has 2 rings (SSSR count). The fourth-order valence-electron chi connectivity index (χ4n) is 2.82. The van der Waals surface area contributed by atoms with Gasteiger partial charge in [-0.05, 0) is 42.2 Å². The highest BCUT2D eigenvalue weighted by molar-refractivity contribution is 7.99. The van der Waals surface area contributed by atoms with Crippen LogP contribution in [0.1, 0.15) is 31.9 Å². The normalized spacial score (nSPS) is 12.0. The Kier molecular flexibility index (Phi) is 10.5. The first-order valence-corrected chi connectivity index (χ1v) is 12.3. The predicted octanol–water partition coefficient (Wildman–Crippen LogP) is 6.07. The van der Waals surface area contributed by atoms with E-state index in [1.807, 2.05) is 38.1 Å².